The number of rotatable bonds is 10. The molecular weight excluding hydrogens is 400 g/mol. The van der Waals surface area contributed by atoms with Crippen LogP contribution in [-0.4, -0.2) is 31.9 Å². The summed E-state index contributed by atoms with van der Waals surface area (Å²) in [4.78, 5) is 13.0. The van der Waals surface area contributed by atoms with Gasteiger partial charge in [0.1, 0.15) is 11.6 Å². The Hall–Kier alpha value is -2.21. The zero-order chi connectivity index (χ0) is 23.5. The van der Waals surface area contributed by atoms with Crippen LogP contribution in [0.25, 0.3) is 0 Å². The molecule has 1 fully saturated rings. The quantitative estimate of drug-likeness (QED) is 0.512. The highest BCUT2D eigenvalue weighted by molar-refractivity contribution is 5.92. The van der Waals surface area contributed by atoms with Crippen LogP contribution in [0.2, 0.25) is 0 Å². The summed E-state index contributed by atoms with van der Waals surface area (Å²) in [5.74, 6) is 1.67. The Balaban J connectivity index is 1.77. The summed E-state index contributed by atoms with van der Waals surface area (Å²) in [5.41, 5.74) is 3.36. The monoisotopic (exact) mass is 440 g/mol. The summed E-state index contributed by atoms with van der Waals surface area (Å²) in [5, 5.41) is 22.3. The van der Waals surface area contributed by atoms with Gasteiger partial charge in [-0.25, -0.2) is 0 Å². The second-order valence-electron chi connectivity index (χ2n) is 10.8. The lowest BCUT2D eigenvalue weighted by atomic mass is 9.90. The SMILES string of the molecule is Cc1ccc(NC(=O)C[C@H](C[C@@H](C)O)c2nnc(CCCC(C)(C)C)n2C2CC2)c(C)c1. The topological polar surface area (TPSA) is 80.0 Å². The number of hydrogen-bond acceptors (Lipinski definition) is 4. The molecule has 2 N–H and O–H groups in total. The Bertz CT molecular complexity index is 922. The number of aliphatic hydroxyl groups excluding tert-OH is 1. The fourth-order valence-corrected chi connectivity index (χ4v) is 4.36. The maximum Gasteiger partial charge on any atom is 0.225 e. The van der Waals surface area contributed by atoms with Crippen LogP contribution < -0.4 is 5.32 Å². The fraction of sp³-hybridized carbons (Fsp3) is 0.654. The lowest BCUT2D eigenvalue weighted by Gasteiger charge is -2.20. The zero-order valence-electron chi connectivity index (χ0n) is 20.6. The summed E-state index contributed by atoms with van der Waals surface area (Å²) in [6, 6.07) is 6.45. The molecule has 2 aromatic rings. The van der Waals surface area contributed by atoms with Crippen molar-refractivity contribution in [2.45, 2.75) is 105 Å². The lowest BCUT2D eigenvalue weighted by molar-refractivity contribution is -0.116. The van der Waals surface area contributed by atoms with Gasteiger partial charge in [-0.1, -0.05) is 38.5 Å². The van der Waals surface area contributed by atoms with Crippen LogP contribution in [0.15, 0.2) is 18.2 Å². The first-order chi connectivity index (χ1) is 15.0. The molecule has 6 nitrogen and oxygen atoms in total. The smallest absolute Gasteiger partial charge is 0.225 e. The number of aryl methyl sites for hydroxylation is 3. The van der Waals surface area contributed by atoms with Crippen molar-refractivity contribution >= 4 is 11.6 Å². The van der Waals surface area contributed by atoms with Gasteiger partial charge in [0.05, 0.1) is 6.10 Å². The molecule has 0 spiro atoms. The van der Waals surface area contributed by atoms with E-state index in [0.717, 1.165) is 55.0 Å². The van der Waals surface area contributed by atoms with Gasteiger partial charge in [0.15, 0.2) is 0 Å². The normalized spacial score (nSPS) is 16.1. The van der Waals surface area contributed by atoms with E-state index in [4.69, 9.17) is 0 Å². The first-order valence-corrected chi connectivity index (χ1v) is 12.0. The Morgan fingerprint density at radius 3 is 2.56 bits per heavy atom. The largest absolute Gasteiger partial charge is 0.393 e. The number of aliphatic hydroxyl groups is 1. The maximum absolute atomic E-state index is 13.0. The molecule has 176 valence electrons. The predicted molar refractivity (Wildman–Crippen MR) is 129 cm³/mol. The molecule has 6 heteroatoms. The molecular formula is C26H40N4O2. The highest BCUT2D eigenvalue weighted by Crippen LogP contribution is 2.40. The van der Waals surface area contributed by atoms with Gasteiger partial charge in [0.2, 0.25) is 5.91 Å². The summed E-state index contributed by atoms with van der Waals surface area (Å²) in [6.45, 7) is 12.6. The van der Waals surface area contributed by atoms with E-state index < -0.39 is 6.10 Å². The summed E-state index contributed by atoms with van der Waals surface area (Å²) in [7, 11) is 0. The zero-order valence-corrected chi connectivity index (χ0v) is 20.6. The second-order valence-corrected chi connectivity index (χ2v) is 10.8. The Labute approximate surface area is 192 Å². The molecule has 2 atom stereocenters. The minimum atomic E-state index is -0.511. The number of carbonyl (C=O) groups excluding carboxylic acids is 1. The highest BCUT2D eigenvalue weighted by atomic mass is 16.3. The van der Waals surface area contributed by atoms with Crippen molar-refractivity contribution < 1.29 is 9.90 Å². The third kappa shape index (κ3) is 6.89. The van der Waals surface area contributed by atoms with Gasteiger partial charge in [-0.3, -0.25) is 4.79 Å². The van der Waals surface area contributed by atoms with Crippen LogP contribution in [-0.2, 0) is 11.2 Å². The average molecular weight is 441 g/mol. The average Bonchev–Trinajstić information content (AvgIpc) is 3.42. The first kappa shape index (κ1) is 24.4. The number of anilines is 1. The van der Waals surface area contributed by atoms with Crippen LogP contribution in [0.1, 0.15) is 101 Å². The molecule has 0 radical (unpaired) electrons. The molecule has 1 heterocycles. The first-order valence-electron chi connectivity index (χ1n) is 12.0. The van der Waals surface area contributed by atoms with E-state index in [0.29, 0.717) is 17.9 Å². The molecule has 0 saturated heterocycles. The summed E-state index contributed by atoms with van der Waals surface area (Å²) < 4.78 is 2.28. The van der Waals surface area contributed by atoms with Gasteiger partial charge in [-0.2, -0.15) is 0 Å². The van der Waals surface area contributed by atoms with Crippen LogP contribution in [0.3, 0.4) is 0 Å². The molecule has 1 saturated carbocycles. The van der Waals surface area contributed by atoms with Crippen molar-refractivity contribution in [3.63, 3.8) is 0 Å². The number of benzene rings is 1. The standard InChI is InChI=1S/C26H40N4O2/c1-17-9-12-22(18(2)14-17)27-24(32)16-20(15-19(3)31)25-29-28-23(30(25)21-10-11-21)8-7-13-26(4,5)6/h9,12,14,19-21,31H,7-8,10-11,13,15-16H2,1-6H3,(H,27,32)/t19-,20+/m1/s1. The number of amides is 1. The van der Waals surface area contributed by atoms with E-state index in [-0.39, 0.29) is 18.2 Å². The third-order valence-corrected chi connectivity index (χ3v) is 6.11. The predicted octanol–water partition coefficient (Wildman–Crippen LogP) is 5.48. The van der Waals surface area contributed by atoms with Gasteiger partial charge in [0, 0.05) is 30.5 Å². The third-order valence-electron chi connectivity index (χ3n) is 6.11. The van der Waals surface area contributed by atoms with Crippen LogP contribution in [0.4, 0.5) is 5.69 Å². The molecule has 32 heavy (non-hydrogen) atoms. The van der Waals surface area contributed by atoms with Crippen molar-refractivity contribution in [3.8, 4) is 0 Å². The van der Waals surface area contributed by atoms with Gasteiger partial charge in [-0.05, 0) is 69.9 Å². The van der Waals surface area contributed by atoms with Crippen molar-refractivity contribution in [3.05, 3.63) is 41.0 Å². The van der Waals surface area contributed by atoms with Crippen molar-refractivity contribution in [1.82, 2.24) is 14.8 Å². The van der Waals surface area contributed by atoms with E-state index in [1.165, 1.54) is 5.56 Å². The molecule has 1 aromatic heterocycles. The number of aromatic nitrogens is 3. The van der Waals surface area contributed by atoms with Gasteiger partial charge < -0.3 is 15.0 Å². The van der Waals surface area contributed by atoms with Gasteiger partial charge >= 0.3 is 0 Å². The van der Waals surface area contributed by atoms with E-state index in [9.17, 15) is 9.90 Å². The van der Waals surface area contributed by atoms with Crippen molar-refractivity contribution in [2.24, 2.45) is 5.41 Å². The van der Waals surface area contributed by atoms with Crippen LogP contribution in [0, 0.1) is 19.3 Å². The molecule has 3 rings (SSSR count). The van der Waals surface area contributed by atoms with E-state index in [2.05, 4.69) is 46.9 Å². The number of carbonyl (C=O) groups is 1. The number of nitrogens with zero attached hydrogens (tertiary/aromatic N) is 3. The van der Waals surface area contributed by atoms with Crippen LogP contribution >= 0.6 is 0 Å². The highest BCUT2D eigenvalue weighted by Gasteiger charge is 2.33. The van der Waals surface area contributed by atoms with E-state index in [1.54, 1.807) is 6.92 Å². The molecule has 0 bridgehead atoms. The number of nitrogens with one attached hydrogen (secondary N) is 1. The Kier molecular flexibility index (Phi) is 7.75. The molecule has 0 aliphatic heterocycles. The molecule has 1 aliphatic carbocycles. The fourth-order valence-electron chi connectivity index (χ4n) is 4.36. The number of hydrogen-bond donors (Lipinski definition) is 2. The minimum absolute atomic E-state index is 0.0535. The van der Waals surface area contributed by atoms with E-state index >= 15 is 0 Å². The Morgan fingerprint density at radius 2 is 1.97 bits per heavy atom. The molecule has 1 aliphatic rings. The van der Waals surface area contributed by atoms with E-state index in [1.807, 2.05) is 26.0 Å². The van der Waals surface area contributed by atoms with Crippen molar-refractivity contribution in [1.29, 1.82) is 0 Å². The van der Waals surface area contributed by atoms with Gasteiger partial charge in [-0.15, -0.1) is 10.2 Å². The molecule has 0 unspecified atom stereocenters. The lowest BCUT2D eigenvalue weighted by Crippen LogP contribution is -2.21. The summed E-state index contributed by atoms with van der Waals surface area (Å²) in [6.07, 6.45) is 5.64. The summed E-state index contributed by atoms with van der Waals surface area (Å²) >= 11 is 0. The molecule has 1 aromatic carbocycles. The molecule has 1 amide bonds. The van der Waals surface area contributed by atoms with Crippen LogP contribution in [0.5, 0.6) is 0 Å². The Morgan fingerprint density at radius 1 is 1.25 bits per heavy atom. The second kappa shape index (κ2) is 10.2. The minimum Gasteiger partial charge on any atom is -0.393 e. The van der Waals surface area contributed by atoms with Gasteiger partial charge in [0.25, 0.3) is 0 Å². The maximum atomic E-state index is 13.0. The van der Waals surface area contributed by atoms with Crippen molar-refractivity contribution in [2.75, 3.05) is 5.32 Å².